The monoisotopic (exact) mass is 544 g/mol. The number of hydrogen-bond donors (Lipinski definition) is 0. The van der Waals surface area contributed by atoms with Crippen LogP contribution in [0.1, 0.15) is 45.0 Å². The van der Waals surface area contributed by atoms with Crippen LogP contribution in [0.25, 0.3) is 10.9 Å². The van der Waals surface area contributed by atoms with Crippen molar-refractivity contribution in [1.29, 1.82) is 0 Å². The lowest BCUT2D eigenvalue weighted by Crippen LogP contribution is -2.22. The summed E-state index contributed by atoms with van der Waals surface area (Å²) in [6.45, 7) is 5.07. The molecule has 35 heavy (non-hydrogen) atoms. The molecule has 0 radical (unpaired) electrons. The molecule has 1 heterocycles. The number of fused-ring (bicyclic) bond motifs is 1. The highest BCUT2D eigenvalue weighted by Gasteiger charge is 2.15. The van der Waals surface area contributed by atoms with Gasteiger partial charge in [0.25, 0.3) is 11.2 Å². The van der Waals surface area contributed by atoms with Crippen LogP contribution in [-0.2, 0) is 16.0 Å². The molecule has 11 heteroatoms. The van der Waals surface area contributed by atoms with Gasteiger partial charge >= 0.3 is 5.97 Å². The Morgan fingerprint density at radius 2 is 2.06 bits per heavy atom. The molecule has 0 aliphatic rings. The van der Waals surface area contributed by atoms with E-state index in [0.29, 0.717) is 23.1 Å². The maximum Gasteiger partial charge on any atom is 0.344 e. The van der Waals surface area contributed by atoms with E-state index >= 15 is 0 Å². The summed E-state index contributed by atoms with van der Waals surface area (Å²) in [6, 6.07) is 9.13. The molecule has 0 amide bonds. The minimum atomic E-state index is -0.580. The summed E-state index contributed by atoms with van der Waals surface area (Å²) in [4.78, 5) is 40.5. The van der Waals surface area contributed by atoms with Crippen LogP contribution >= 0.6 is 15.9 Å². The number of halogens is 1. The van der Waals surface area contributed by atoms with Crippen LogP contribution in [0, 0.1) is 10.1 Å². The van der Waals surface area contributed by atoms with Crippen molar-refractivity contribution >= 4 is 44.7 Å². The fraction of sp³-hybridized carbons (Fsp3) is 0.333. The molecule has 0 atom stereocenters. The normalized spacial score (nSPS) is 11.3. The minimum absolute atomic E-state index is 0.180. The van der Waals surface area contributed by atoms with Crippen molar-refractivity contribution in [2.75, 3.05) is 6.61 Å². The Morgan fingerprint density at radius 3 is 2.74 bits per heavy atom. The van der Waals surface area contributed by atoms with E-state index in [1.807, 2.05) is 13.0 Å². The number of non-ortho nitro benzene ring substituents is 1. The maximum absolute atomic E-state index is 13.3. The van der Waals surface area contributed by atoms with E-state index in [1.165, 1.54) is 29.1 Å². The quantitative estimate of drug-likeness (QED) is 0.157. The van der Waals surface area contributed by atoms with Gasteiger partial charge in [-0.2, -0.15) is 9.78 Å². The second-order valence-electron chi connectivity index (χ2n) is 7.96. The first-order chi connectivity index (χ1) is 16.7. The summed E-state index contributed by atoms with van der Waals surface area (Å²) in [5, 5.41) is 16.0. The molecule has 3 aromatic rings. The summed E-state index contributed by atoms with van der Waals surface area (Å²) >= 11 is 3.37. The van der Waals surface area contributed by atoms with Crippen LogP contribution < -0.4 is 10.3 Å². The molecule has 0 aliphatic carbocycles. The summed E-state index contributed by atoms with van der Waals surface area (Å²) in [7, 11) is 0. The number of rotatable bonds is 10. The minimum Gasteiger partial charge on any atom is -0.481 e. The van der Waals surface area contributed by atoms with Gasteiger partial charge < -0.3 is 9.47 Å². The van der Waals surface area contributed by atoms with Crippen molar-refractivity contribution in [3.05, 3.63) is 72.7 Å². The van der Waals surface area contributed by atoms with Gasteiger partial charge in [0, 0.05) is 28.6 Å². The average Bonchev–Trinajstić information content (AvgIpc) is 2.81. The molecule has 0 unspecified atom stereocenters. The number of hydrogen-bond acceptors (Lipinski definition) is 8. The number of unbranched alkanes of at least 4 members (excludes halogenated alkanes) is 1. The van der Waals surface area contributed by atoms with Crippen molar-refractivity contribution in [1.82, 2.24) is 9.66 Å². The van der Waals surface area contributed by atoms with Crippen LogP contribution in [0.5, 0.6) is 5.75 Å². The third-order valence-electron chi connectivity index (χ3n) is 4.86. The fourth-order valence-corrected chi connectivity index (χ4v) is 3.61. The van der Waals surface area contributed by atoms with Gasteiger partial charge in [-0.1, -0.05) is 29.3 Å². The second-order valence-corrected chi connectivity index (χ2v) is 8.88. The Balaban J connectivity index is 2.05. The van der Waals surface area contributed by atoms with E-state index in [4.69, 9.17) is 9.47 Å². The molecule has 184 valence electrons. The standard InChI is InChI=1S/C24H25BrN4O6/c1-4-5-6-22-27-20-9-7-17(25)12-19(20)24(31)28(22)26-13-16-11-18(29(32)33)8-10-21(16)34-14-23(30)35-15(2)3/h7-13,15H,4-6,14H2,1-3H3. The van der Waals surface area contributed by atoms with Gasteiger partial charge in [0.05, 0.1) is 28.1 Å². The molecule has 0 bridgehead atoms. The summed E-state index contributed by atoms with van der Waals surface area (Å²) < 4.78 is 12.5. The summed E-state index contributed by atoms with van der Waals surface area (Å²) in [6.07, 6.45) is 3.20. The number of carbonyl (C=O) groups is 1. The Labute approximate surface area is 209 Å². The van der Waals surface area contributed by atoms with E-state index in [1.54, 1.807) is 26.0 Å². The number of benzene rings is 2. The molecule has 0 spiro atoms. The summed E-state index contributed by atoms with van der Waals surface area (Å²) in [5.74, 6) is 0.0691. The smallest absolute Gasteiger partial charge is 0.344 e. The van der Waals surface area contributed by atoms with Gasteiger partial charge in [0.1, 0.15) is 11.6 Å². The molecular formula is C24H25BrN4O6. The highest BCUT2D eigenvalue weighted by molar-refractivity contribution is 9.10. The van der Waals surface area contributed by atoms with Crippen molar-refractivity contribution in [3.63, 3.8) is 0 Å². The summed E-state index contributed by atoms with van der Waals surface area (Å²) in [5.41, 5.74) is 0.216. The van der Waals surface area contributed by atoms with Gasteiger partial charge in [0.2, 0.25) is 0 Å². The fourth-order valence-electron chi connectivity index (χ4n) is 3.25. The zero-order valence-corrected chi connectivity index (χ0v) is 21.1. The van der Waals surface area contributed by atoms with Crippen LogP contribution in [0.2, 0.25) is 0 Å². The highest BCUT2D eigenvalue weighted by atomic mass is 79.9. The molecule has 3 rings (SSSR count). The van der Waals surface area contributed by atoms with E-state index in [2.05, 4.69) is 26.0 Å². The van der Waals surface area contributed by atoms with Crippen molar-refractivity contribution in [2.45, 2.75) is 46.1 Å². The number of nitrogens with zero attached hydrogens (tertiary/aromatic N) is 4. The Kier molecular flexibility index (Phi) is 8.69. The Morgan fingerprint density at radius 1 is 1.29 bits per heavy atom. The largest absolute Gasteiger partial charge is 0.481 e. The molecule has 0 fully saturated rings. The zero-order chi connectivity index (χ0) is 25.5. The van der Waals surface area contributed by atoms with Gasteiger partial charge in [-0.15, -0.1) is 0 Å². The molecule has 10 nitrogen and oxygen atoms in total. The van der Waals surface area contributed by atoms with Crippen molar-refractivity contribution < 1.29 is 19.2 Å². The number of nitro groups is 1. The number of ether oxygens (including phenoxy) is 2. The van der Waals surface area contributed by atoms with Gasteiger partial charge in [-0.05, 0) is 44.5 Å². The van der Waals surface area contributed by atoms with E-state index in [0.717, 1.165) is 17.3 Å². The lowest BCUT2D eigenvalue weighted by atomic mass is 10.2. The van der Waals surface area contributed by atoms with Gasteiger partial charge in [-0.3, -0.25) is 14.9 Å². The van der Waals surface area contributed by atoms with Crippen molar-refractivity contribution in [2.24, 2.45) is 5.10 Å². The molecule has 1 aromatic heterocycles. The first-order valence-corrected chi connectivity index (χ1v) is 11.8. The van der Waals surface area contributed by atoms with Crippen LogP contribution in [-0.4, -0.2) is 39.5 Å². The van der Waals surface area contributed by atoms with Crippen LogP contribution in [0.15, 0.2) is 50.8 Å². The number of esters is 1. The molecule has 0 saturated carbocycles. The molecule has 2 aromatic carbocycles. The van der Waals surface area contributed by atoms with Crippen LogP contribution in [0.4, 0.5) is 5.69 Å². The number of nitro benzene ring substituents is 1. The predicted molar refractivity (Wildman–Crippen MR) is 135 cm³/mol. The first kappa shape index (κ1) is 26.0. The lowest BCUT2D eigenvalue weighted by Gasteiger charge is -2.11. The van der Waals surface area contributed by atoms with E-state index in [9.17, 15) is 19.7 Å². The zero-order valence-electron chi connectivity index (χ0n) is 19.6. The third kappa shape index (κ3) is 6.72. The predicted octanol–water partition coefficient (Wildman–Crippen LogP) is 4.62. The van der Waals surface area contributed by atoms with Crippen LogP contribution in [0.3, 0.4) is 0 Å². The molecule has 0 saturated heterocycles. The van der Waals surface area contributed by atoms with E-state index < -0.39 is 10.9 Å². The Hall–Kier alpha value is -3.60. The number of carbonyl (C=O) groups excluding carboxylic acids is 1. The van der Waals surface area contributed by atoms with Gasteiger partial charge in [-0.25, -0.2) is 9.78 Å². The lowest BCUT2D eigenvalue weighted by molar-refractivity contribution is -0.384. The molecule has 0 aliphatic heterocycles. The average molecular weight is 545 g/mol. The second kappa shape index (κ2) is 11.7. The molecule has 0 N–H and O–H groups in total. The number of aromatic nitrogens is 2. The maximum atomic E-state index is 13.3. The topological polar surface area (TPSA) is 126 Å². The van der Waals surface area contributed by atoms with E-state index in [-0.39, 0.29) is 35.3 Å². The highest BCUT2D eigenvalue weighted by Crippen LogP contribution is 2.23. The van der Waals surface area contributed by atoms with Gasteiger partial charge in [0.15, 0.2) is 6.61 Å². The van der Waals surface area contributed by atoms with Crippen molar-refractivity contribution in [3.8, 4) is 5.75 Å². The first-order valence-electron chi connectivity index (χ1n) is 11.1. The SMILES string of the molecule is CCCCc1nc2ccc(Br)cc2c(=O)n1N=Cc1cc([N+](=O)[O-])ccc1OCC(=O)OC(C)C. The third-order valence-corrected chi connectivity index (χ3v) is 5.35. The molecular weight excluding hydrogens is 520 g/mol. The number of aryl methyl sites for hydroxylation is 1. The Bertz CT molecular complexity index is 1340.